The minimum absolute atomic E-state index is 0. The van der Waals surface area contributed by atoms with Gasteiger partial charge >= 0.3 is 59.5 Å². The van der Waals surface area contributed by atoms with Crippen molar-refractivity contribution in [1.82, 2.24) is 0 Å². The van der Waals surface area contributed by atoms with Crippen molar-refractivity contribution >= 4 is 24.8 Å². The summed E-state index contributed by atoms with van der Waals surface area (Å²) in [5.41, 5.74) is 1.74. The number of hydrogen-bond acceptors (Lipinski definition) is 0. The molecular formula is C28H32Cl2Zr-2. The van der Waals surface area contributed by atoms with Crippen molar-refractivity contribution in [3.05, 3.63) is 78.4 Å². The van der Waals surface area contributed by atoms with E-state index in [0.29, 0.717) is 5.41 Å². The van der Waals surface area contributed by atoms with Gasteiger partial charge in [0.25, 0.3) is 0 Å². The molecule has 0 aliphatic heterocycles. The summed E-state index contributed by atoms with van der Waals surface area (Å²) < 4.78 is 1.80. The molecule has 31 heavy (non-hydrogen) atoms. The third-order valence-electron chi connectivity index (χ3n) is 5.54. The summed E-state index contributed by atoms with van der Waals surface area (Å²) in [5, 5.41) is 5.39. The molecule has 5 rings (SSSR count). The number of fused-ring (bicyclic) bond motifs is 3. The van der Waals surface area contributed by atoms with Crippen molar-refractivity contribution < 1.29 is 49.0 Å². The Morgan fingerprint density at radius 1 is 0.806 bits per heavy atom. The zero-order valence-corrected chi connectivity index (χ0v) is 22.8. The quantitative estimate of drug-likeness (QED) is 0.391. The molecule has 0 radical (unpaired) electrons. The number of hydrogen-bond donors (Lipinski definition) is 0. The maximum atomic E-state index is 3.16. The molecule has 0 bridgehead atoms. The molecule has 2 aliphatic carbocycles. The molecule has 0 atom stereocenters. The van der Waals surface area contributed by atoms with Crippen molar-refractivity contribution in [2.45, 2.75) is 59.3 Å². The first kappa shape index (κ1) is 28.2. The minimum Gasteiger partial charge on any atom is -0.126 e. The molecule has 1 fully saturated rings. The molecule has 3 heteroatoms. The summed E-state index contributed by atoms with van der Waals surface area (Å²) in [6.07, 6.45) is 15.8. The zero-order chi connectivity index (χ0) is 20.7. The van der Waals surface area contributed by atoms with Gasteiger partial charge in [0.1, 0.15) is 0 Å². The molecule has 3 aromatic rings. The van der Waals surface area contributed by atoms with E-state index in [-0.39, 0.29) is 24.8 Å². The van der Waals surface area contributed by atoms with E-state index in [0.717, 1.165) is 6.42 Å². The van der Waals surface area contributed by atoms with Gasteiger partial charge in [-0.15, -0.1) is 46.2 Å². The van der Waals surface area contributed by atoms with Crippen LogP contribution in [-0.2, 0) is 24.2 Å². The van der Waals surface area contributed by atoms with E-state index in [1.54, 1.807) is 27.4 Å². The summed E-state index contributed by atoms with van der Waals surface area (Å²) in [4.78, 5) is 0. The maximum Gasteiger partial charge on any atom is -0.0771 e. The molecule has 0 amide bonds. The Morgan fingerprint density at radius 2 is 1.32 bits per heavy atom. The molecule has 0 N–H and O–H groups in total. The van der Waals surface area contributed by atoms with Gasteiger partial charge in [0, 0.05) is 0 Å². The second kappa shape index (κ2) is 13.6. The van der Waals surface area contributed by atoms with Gasteiger partial charge in [-0.25, -0.2) is 6.08 Å². The van der Waals surface area contributed by atoms with Crippen LogP contribution in [0.25, 0.3) is 21.5 Å². The Kier molecular flexibility index (Phi) is 12.4. The predicted molar refractivity (Wildman–Crippen MR) is 125 cm³/mol. The van der Waals surface area contributed by atoms with Gasteiger partial charge in [0.05, 0.1) is 0 Å². The number of allylic oxidation sites excluding steroid dienone is 4. The fourth-order valence-electron chi connectivity index (χ4n) is 3.80. The van der Waals surface area contributed by atoms with Gasteiger partial charge in [0.2, 0.25) is 0 Å². The first-order chi connectivity index (χ1) is 13.9. The third-order valence-corrected chi connectivity index (χ3v) is 6.77. The molecular weight excluding hydrogens is 498 g/mol. The van der Waals surface area contributed by atoms with Gasteiger partial charge < -0.3 is 24.8 Å². The second-order valence-corrected chi connectivity index (χ2v) is 10.7. The maximum absolute atomic E-state index is 3.16. The molecule has 0 saturated heterocycles. The van der Waals surface area contributed by atoms with Crippen LogP contribution in [0.15, 0.2) is 72.3 Å². The van der Waals surface area contributed by atoms with Crippen molar-refractivity contribution in [2.24, 2.45) is 5.41 Å². The van der Waals surface area contributed by atoms with E-state index in [1.807, 2.05) is 0 Å². The molecule has 0 nitrogen and oxygen atoms in total. The van der Waals surface area contributed by atoms with Crippen LogP contribution in [0.2, 0.25) is 0 Å². The third kappa shape index (κ3) is 8.53. The summed E-state index contributed by atoms with van der Waals surface area (Å²) in [6, 6.07) is 19.3. The molecule has 0 heterocycles. The van der Waals surface area contributed by atoms with Crippen molar-refractivity contribution in [2.75, 3.05) is 0 Å². The number of halogens is 2. The van der Waals surface area contributed by atoms with E-state index in [9.17, 15) is 0 Å². The largest absolute Gasteiger partial charge is 0.126 e. The molecule has 3 aromatic carbocycles. The van der Waals surface area contributed by atoms with Crippen LogP contribution in [0.5, 0.6) is 0 Å². The average Bonchev–Trinajstić information content (AvgIpc) is 3.38. The van der Waals surface area contributed by atoms with E-state index in [1.165, 1.54) is 59.2 Å². The summed E-state index contributed by atoms with van der Waals surface area (Å²) in [5.74, 6) is 0. The molecule has 164 valence electrons. The van der Waals surface area contributed by atoms with E-state index in [4.69, 9.17) is 0 Å². The molecule has 0 spiro atoms. The number of rotatable bonds is 0. The molecule has 2 aliphatic rings. The molecule has 1 saturated carbocycles. The summed E-state index contributed by atoms with van der Waals surface area (Å²) >= 11 is 1.69. The smallest absolute Gasteiger partial charge is 0.0771 e. The van der Waals surface area contributed by atoms with Gasteiger partial charge in [-0.1, -0.05) is 62.6 Å². The van der Waals surface area contributed by atoms with Gasteiger partial charge in [-0.3, -0.25) is 6.08 Å². The van der Waals surface area contributed by atoms with E-state index < -0.39 is 0 Å². The predicted octanol–water partition coefficient (Wildman–Crippen LogP) is 2.11. The summed E-state index contributed by atoms with van der Waals surface area (Å²) in [6.45, 7) is 6.67. The monoisotopic (exact) mass is 528 g/mol. The topological polar surface area (TPSA) is 0 Å². The van der Waals surface area contributed by atoms with Crippen LogP contribution in [-0.4, -0.2) is 3.21 Å². The fourth-order valence-corrected chi connectivity index (χ4v) is 4.67. The fraction of sp³-hybridized carbons (Fsp3) is 0.357. The van der Waals surface area contributed by atoms with Crippen LogP contribution in [0.4, 0.5) is 0 Å². The van der Waals surface area contributed by atoms with Crippen LogP contribution < -0.4 is 24.8 Å². The van der Waals surface area contributed by atoms with Gasteiger partial charge in [-0.2, -0.15) is 11.6 Å². The Labute approximate surface area is 215 Å². The van der Waals surface area contributed by atoms with E-state index >= 15 is 0 Å². The first-order valence-electron chi connectivity index (χ1n) is 10.8. The first-order valence-corrected chi connectivity index (χ1v) is 12.0. The van der Waals surface area contributed by atoms with Crippen LogP contribution in [0.3, 0.4) is 0 Å². The van der Waals surface area contributed by atoms with Crippen molar-refractivity contribution in [3.63, 3.8) is 0 Å². The van der Waals surface area contributed by atoms with Gasteiger partial charge in [0.15, 0.2) is 0 Å². The zero-order valence-electron chi connectivity index (χ0n) is 18.8. The molecule has 0 unspecified atom stereocenters. The Balaban J connectivity index is 0.000000238. The standard InChI is InChI=1S/C13H9.C9H13.C6H10.2ClH.Zr/c1-3-7-12-10(5-1)9-11-6-2-4-8-13(11)12;1-9(2,3)8-6-4-5-7-8;1-2-4-6-5-3-1;;;/h1-9H;6-7H,4H2,1-3H3;1-5H2;2*1H;/q2*-1;;;;+2/p-2. The molecule has 0 aromatic heterocycles. The van der Waals surface area contributed by atoms with Crippen LogP contribution in [0.1, 0.15) is 59.3 Å². The van der Waals surface area contributed by atoms with Crippen molar-refractivity contribution in [1.29, 1.82) is 0 Å². The normalized spacial score (nSPS) is 15.1. The van der Waals surface area contributed by atoms with Crippen LogP contribution in [0, 0.1) is 11.5 Å². The number of benzene rings is 2. The second-order valence-electron chi connectivity index (χ2n) is 8.95. The van der Waals surface area contributed by atoms with E-state index in [2.05, 4.69) is 93.6 Å². The Hall–Kier alpha value is -0.877. The minimum atomic E-state index is 0. The Morgan fingerprint density at radius 3 is 1.68 bits per heavy atom. The van der Waals surface area contributed by atoms with Gasteiger partial charge in [-0.05, 0) is 0 Å². The van der Waals surface area contributed by atoms with Crippen LogP contribution >= 0.6 is 0 Å². The average molecular weight is 531 g/mol. The Bertz CT molecular complexity index is 960. The summed E-state index contributed by atoms with van der Waals surface area (Å²) in [7, 11) is 0. The SMILES string of the molecule is CC(C)(C)C1=CC[C-]=C1.[Cl-].[Cl-].[Zr+2]=[C]1CCCCC1.c1ccc2c(c1)[cH-]c1ccccc12. The van der Waals surface area contributed by atoms with Crippen molar-refractivity contribution in [3.8, 4) is 0 Å².